The van der Waals surface area contributed by atoms with Crippen LogP contribution in [0.2, 0.25) is 0 Å². The molecule has 0 aromatic rings. The highest BCUT2D eigenvalue weighted by Gasteiger charge is 2.46. The summed E-state index contributed by atoms with van der Waals surface area (Å²) in [6.07, 6.45) is 5.35. The van der Waals surface area contributed by atoms with Gasteiger partial charge in [-0.2, -0.15) is 0 Å². The lowest BCUT2D eigenvalue weighted by molar-refractivity contribution is -0.426. The fourth-order valence-corrected chi connectivity index (χ4v) is 1.99. The third kappa shape index (κ3) is 0.759. The van der Waals surface area contributed by atoms with Crippen LogP contribution in [0.5, 0.6) is 0 Å². The maximum absolute atomic E-state index is 10.3. The van der Waals surface area contributed by atoms with Gasteiger partial charge in [0.1, 0.15) is 5.25 Å². The summed E-state index contributed by atoms with van der Waals surface area (Å²) in [4.78, 5) is 9.99. The minimum atomic E-state index is -0.291. The fraction of sp³-hybridized carbons (Fsp3) is 0.333. The van der Waals surface area contributed by atoms with Crippen molar-refractivity contribution < 1.29 is 4.92 Å². The SMILES string of the molecule is O=[N+]([O-])C1=CC=CC2SC12. The van der Waals surface area contributed by atoms with Crippen molar-refractivity contribution in [3.8, 4) is 0 Å². The van der Waals surface area contributed by atoms with Gasteiger partial charge in [0.05, 0.1) is 4.92 Å². The predicted octanol–water partition coefficient (Wildman–Crippen LogP) is 1.20. The Kier molecular flexibility index (Phi) is 1.11. The zero-order valence-electron chi connectivity index (χ0n) is 5.06. The van der Waals surface area contributed by atoms with Crippen LogP contribution in [-0.2, 0) is 0 Å². The Morgan fingerprint density at radius 1 is 1.70 bits per heavy atom. The highest BCUT2D eigenvalue weighted by atomic mass is 32.2. The lowest BCUT2D eigenvalue weighted by Crippen LogP contribution is -2.08. The molecule has 2 atom stereocenters. The molecule has 1 aliphatic heterocycles. The van der Waals surface area contributed by atoms with Gasteiger partial charge in [-0.1, -0.05) is 12.2 Å². The lowest BCUT2D eigenvalue weighted by Gasteiger charge is -1.94. The number of hydrogen-bond donors (Lipinski definition) is 0. The third-order valence-electron chi connectivity index (χ3n) is 1.60. The van der Waals surface area contributed by atoms with Crippen molar-refractivity contribution in [2.75, 3.05) is 0 Å². The van der Waals surface area contributed by atoms with Crippen molar-refractivity contribution >= 4 is 11.8 Å². The molecule has 3 nitrogen and oxygen atoms in total. The van der Waals surface area contributed by atoms with Crippen LogP contribution in [0.3, 0.4) is 0 Å². The molecule has 1 fully saturated rings. The maximum atomic E-state index is 10.3. The summed E-state index contributed by atoms with van der Waals surface area (Å²) in [5, 5.41) is 10.8. The minimum absolute atomic E-state index is 0.153. The molecule has 0 amide bonds. The smallest absolute Gasteiger partial charge is 0.259 e. The first-order chi connectivity index (χ1) is 4.79. The quantitative estimate of drug-likeness (QED) is 0.324. The molecular formula is C6H5NO2S. The third-order valence-corrected chi connectivity index (χ3v) is 2.85. The second kappa shape index (κ2) is 1.85. The Morgan fingerprint density at radius 3 is 3.10 bits per heavy atom. The molecule has 2 aliphatic rings. The van der Waals surface area contributed by atoms with E-state index in [4.69, 9.17) is 0 Å². The molecule has 1 saturated heterocycles. The zero-order chi connectivity index (χ0) is 7.14. The Balaban J connectivity index is 2.28. The van der Waals surface area contributed by atoms with E-state index < -0.39 is 0 Å². The molecular weight excluding hydrogens is 150 g/mol. The van der Waals surface area contributed by atoms with Crippen LogP contribution < -0.4 is 0 Å². The predicted molar refractivity (Wildman–Crippen MR) is 39.4 cm³/mol. The van der Waals surface area contributed by atoms with Gasteiger partial charge >= 0.3 is 0 Å². The van der Waals surface area contributed by atoms with Crippen molar-refractivity contribution in [2.24, 2.45) is 0 Å². The van der Waals surface area contributed by atoms with E-state index in [9.17, 15) is 10.1 Å². The van der Waals surface area contributed by atoms with E-state index in [1.165, 1.54) is 0 Å². The maximum Gasteiger partial charge on any atom is 0.260 e. The molecule has 2 rings (SSSR count). The summed E-state index contributed by atoms with van der Waals surface area (Å²) in [5.41, 5.74) is 0.359. The molecule has 4 heteroatoms. The van der Waals surface area contributed by atoms with Crippen molar-refractivity contribution in [2.45, 2.75) is 10.5 Å². The Bertz CT molecular complexity index is 246. The summed E-state index contributed by atoms with van der Waals surface area (Å²) in [5.74, 6) is 0. The fourth-order valence-electron chi connectivity index (χ4n) is 1.03. The van der Waals surface area contributed by atoms with Crippen molar-refractivity contribution in [1.82, 2.24) is 0 Å². The number of nitrogens with zero attached hydrogens (tertiary/aromatic N) is 1. The molecule has 0 aromatic carbocycles. The number of fused-ring (bicyclic) bond motifs is 1. The molecule has 0 radical (unpaired) electrons. The lowest BCUT2D eigenvalue weighted by atomic mass is 10.1. The molecule has 2 unspecified atom stereocenters. The molecule has 10 heavy (non-hydrogen) atoms. The number of thioether (sulfide) groups is 1. The summed E-state index contributed by atoms with van der Waals surface area (Å²) >= 11 is 1.64. The van der Waals surface area contributed by atoms with Crippen LogP contribution in [0.25, 0.3) is 0 Å². The van der Waals surface area contributed by atoms with Crippen molar-refractivity contribution in [3.05, 3.63) is 34.0 Å². The van der Waals surface area contributed by atoms with E-state index in [2.05, 4.69) is 0 Å². The zero-order valence-corrected chi connectivity index (χ0v) is 5.88. The first kappa shape index (κ1) is 5.97. The standard InChI is InChI=1S/C6H5NO2S/c8-7(9)4-2-1-3-5-6(4)10-5/h1-3,5-6H. The topological polar surface area (TPSA) is 43.1 Å². The second-order valence-electron chi connectivity index (χ2n) is 2.25. The first-order valence-electron chi connectivity index (χ1n) is 2.97. The van der Waals surface area contributed by atoms with Gasteiger partial charge in [-0.15, -0.1) is 11.8 Å². The largest absolute Gasteiger partial charge is 0.260 e. The van der Waals surface area contributed by atoms with E-state index in [1.54, 1.807) is 23.9 Å². The number of hydrogen-bond acceptors (Lipinski definition) is 3. The molecule has 52 valence electrons. The van der Waals surface area contributed by atoms with Gasteiger partial charge in [0.2, 0.25) is 0 Å². The number of allylic oxidation sites excluding steroid dienone is 2. The molecule has 0 bridgehead atoms. The highest BCUT2D eigenvalue weighted by Crippen LogP contribution is 2.48. The molecule has 0 aromatic heterocycles. The van der Waals surface area contributed by atoms with Gasteiger partial charge in [0.15, 0.2) is 0 Å². The van der Waals surface area contributed by atoms with Gasteiger partial charge in [0.25, 0.3) is 5.70 Å². The van der Waals surface area contributed by atoms with Gasteiger partial charge < -0.3 is 0 Å². The van der Waals surface area contributed by atoms with Crippen LogP contribution in [-0.4, -0.2) is 15.4 Å². The van der Waals surface area contributed by atoms with Crippen LogP contribution in [0.4, 0.5) is 0 Å². The van der Waals surface area contributed by atoms with Crippen molar-refractivity contribution in [3.63, 3.8) is 0 Å². The van der Waals surface area contributed by atoms with Gasteiger partial charge in [-0.05, 0) is 0 Å². The van der Waals surface area contributed by atoms with E-state index in [0.29, 0.717) is 10.9 Å². The number of rotatable bonds is 1. The first-order valence-corrected chi connectivity index (χ1v) is 3.91. The normalized spacial score (nSPS) is 34.6. The summed E-state index contributed by atoms with van der Waals surface area (Å²) < 4.78 is 0. The molecule has 0 N–H and O–H groups in total. The Labute approximate surface area is 61.9 Å². The summed E-state index contributed by atoms with van der Waals surface area (Å²) in [6, 6.07) is 0. The van der Waals surface area contributed by atoms with Crippen LogP contribution >= 0.6 is 11.8 Å². The van der Waals surface area contributed by atoms with Crippen LogP contribution in [0.15, 0.2) is 23.9 Å². The number of nitro groups is 1. The van der Waals surface area contributed by atoms with Crippen molar-refractivity contribution in [1.29, 1.82) is 0 Å². The average Bonchev–Trinajstić information content (AvgIpc) is 2.63. The van der Waals surface area contributed by atoms with E-state index in [-0.39, 0.29) is 10.2 Å². The van der Waals surface area contributed by atoms with E-state index in [1.807, 2.05) is 6.08 Å². The minimum Gasteiger partial charge on any atom is -0.259 e. The second-order valence-corrected chi connectivity index (χ2v) is 3.58. The molecule has 0 saturated carbocycles. The van der Waals surface area contributed by atoms with Crippen LogP contribution in [0.1, 0.15) is 0 Å². The molecule has 1 aliphatic carbocycles. The summed E-state index contributed by atoms with van der Waals surface area (Å²) in [6.45, 7) is 0. The van der Waals surface area contributed by atoms with E-state index >= 15 is 0 Å². The van der Waals surface area contributed by atoms with Gasteiger partial charge in [0, 0.05) is 11.3 Å². The average molecular weight is 155 g/mol. The monoisotopic (exact) mass is 155 g/mol. The van der Waals surface area contributed by atoms with Gasteiger partial charge in [-0.3, -0.25) is 10.1 Å². The van der Waals surface area contributed by atoms with Gasteiger partial charge in [-0.25, -0.2) is 0 Å². The van der Waals surface area contributed by atoms with E-state index in [0.717, 1.165) is 0 Å². The molecule has 0 spiro atoms. The Hall–Kier alpha value is -0.770. The van der Waals surface area contributed by atoms with Crippen LogP contribution in [0, 0.1) is 10.1 Å². The molecule has 1 heterocycles. The summed E-state index contributed by atoms with van der Waals surface area (Å²) in [7, 11) is 0. The highest BCUT2D eigenvalue weighted by molar-refractivity contribution is 8.08. The Morgan fingerprint density at radius 2 is 2.50 bits per heavy atom.